The molecule has 4 amide bonds. The number of aryl methyl sites for hydroxylation is 1. The summed E-state index contributed by atoms with van der Waals surface area (Å²) >= 11 is 1.37. The summed E-state index contributed by atoms with van der Waals surface area (Å²) in [7, 11) is 0. The highest BCUT2D eigenvalue weighted by molar-refractivity contribution is 8.01. The maximum absolute atomic E-state index is 13.7. The highest BCUT2D eigenvalue weighted by atomic mass is 32.2. The summed E-state index contributed by atoms with van der Waals surface area (Å²) in [6.07, 6.45) is 6.84. The highest BCUT2D eigenvalue weighted by Crippen LogP contribution is 2.51. The number of nitrogens with one attached hydrogen (secondary N) is 2. The van der Waals surface area contributed by atoms with Gasteiger partial charge in [0.05, 0.1) is 17.4 Å². The number of anilines is 2. The molecule has 1 saturated heterocycles. The Kier molecular flexibility index (Phi) is 8.11. The lowest BCUT2D eigenvalue weighted by molar-refractivity contribution is -0.129. The van der Waals surface area contributed by atoms with Crippen LogP contribution in [0.4, 0.5) is 16.2 Å². The molecule has 3 atom stereocenters. The number of hydrogen-bond acceptors (Lipinski definition) is 6. The number of benzene rings is 2. The second-order valence-electron chi connectivity index (χ2n) is 12.5. The first-order valence-corrected chi connectivity index (χ1v) is 15.8. The first kappa shape index (κ1) is 29.7. The number of pyridine rings is 1. The summed E-state index contributed by atoms with van der Waals surface area (Å²) < 4.78 is 5.99. The van der Waals surface area contributed by atoms with Gasteiger partial charge in [0.1, 0.15) is 21.8 Å². The Hall–Kier alpha value is -4.31. The first-order valence-electron chi connectivity index (χ1n) is 15.0. The van der Waals surface area contributed by atoms with E-state index in [1.54, 1.807) is 22.1 Å². The first-order chi connectivity index (χ1) is 21.1. The third-order valence-electron chi connectivity index (χ3n) is 7.96. The third-order valence-corrected chi connectivity index (χ3v) is 9.25. The average Bonchev–Trinajstić information content (AvgIpc) is 3.36. The summed E-state index contributed by atoms with van der Waals surface area (Å²) in [5, 5.41) is 6.42. The van der Waals surface area contributed by atoms with E-state index in [4.69, 9.17) is 4.74 Å². The predicted molar refractivity (Wildman–Crippen MR) is 171 cm³/mol. The monoisotopic (exact) mass is 611 g/mol. The van der Waals surface area contributed by atoms with Gasteiger partial charge in [0, 0.05) is 30.9 Å². The Bertz CT molecular complexity index is 1620. The minimum Gasteiger partial charge on any atom is -0.457 e. The van der Waals surface area contributed by atoms with Crippen molar-refractivity contribution < 1.29 is 19.1 Å². The Labute approximate surface area is 262 Å². The lowest BCUT2D eigenvalue weighted by atomic mass is 9.96. The van der Waals surface area contributed by atoms with Gasteiger partial charge in [0.2, 0.25) is 11.8 Å². The maximum Gasteiger partial charge on any atom is 0.327 e. The number of thioether (sulfide) groups is 1. The number of urea groups is 1. The van der Waals surface area contributed by atoms with E-state index < -0.39 is 11.3 Å². The van der Waals surface area contributed by atoms with E-state index in [0.29, 0.717) is 24.5 Å². The smallest absolute Gasteiger partial charge is 0.327 e. The molecule has 3 aromatic rings. The number of para-hydroxylation sites is 1. The molecule has 2 aromatic carbocycles. The van der Waals surface area contributed by atoms with Crippen LogP contribution in [0.5, 0.6) is 11.5 Å². The predicted octanol–water partition coefficient (Wildman–Crippen LogP) is 6.27. The SMILES string of the molecule is Cc1cc(Oc2ccccc2)ccc1N1C(=O)NC2c3c1ccnc3S[C@H]2C(=O)NC1CCCN(C(=O)/C=C/C(C)(C)C)C1. The summed E-state index contributed by atoms with van der Waals surface area (Å²) in [6, 6.07) is 16.0. The molecule has 1 fully saturated rings. The van der Waals surface area contributed by atoms with Crippen molar-refractivity contribution in [2.24, 2.45) is 5.41 Å². The van der Waals surface area contributed by atoms with Crippen LogP contribution in [0.1, 0.15) is 50.8 Å². The fraction of sp³-hybridized carbons (Fsp3) is 0.353. The van der Waals surface area contributed by atoms with Crippen LogP contribution in [0.3, 0.4) is 0 Å². The van der Waals surface area contributed by atoms with Crippen LogP contribution in [-0.2, 0) is 9.59 Å². The molecule has 2 unspecified atom stereocenters. The molecule has 10 heteroatoms. The quantitative estimate of drug-likeness (QED) is 0.319. The molecule has 3 aliphatic rings. The minimum atomic E-state index is -0.570. The largest absolute Gasteiger partial charge is 0.457 e. The number of rotatable bonds is 6. The molecule has 0 bridgehead atoms. The molecule has 1 aromatic heterocycles. The topological polar surface area (TPSA) is 104 Å². The van der Waals surface area contributed by atoms with Crippen molar-refractivity contribution in [3.63, 3.8) is 0 Å². The number of allylic oxidation sites excluding steroid dienone is 1. The van der Waals surface area contributed by atoms with Crippen molar-refractivity contribution in [1.29, 1.82) is 0 Å². The lowest BCUT2D eigenvalue weighted by Crippen LogP contribution is -2.53. The molecule has 2 N–H and O–H groups in total. The third kappa shape index (κ3) is 6.17. The van der Waals surface area contributed by atoms with Crippen LogP contribution < -0.4 is 20.3 Å². The molecule has 4 heterocycles. The van der Waals surface area contributed by atoms with Gasteiger partial charge in [-0.2, -0.15) is 0 Å². The van der Waals surface area contributed by atoms with E-state index in [-0.39, 0.29) is 29.3 Å². The number of piperidine rings is 1. The van der Waals surface area contributed by atoms with Gasteiger partial charge in [0.15, 0.2) is 0 Å². The van der Waals surface area contributed by atoms with E-state index in [1.807, 2.05) is 67.6 Å². The normalized spacial score (nSPS) is 21.2. The zero-order valence-electron chi connectivity index (χ0n) is 25.4. The van der Waals surface area contributed by atoms with E-state index in [1.165, 1.54) is 11.8 Å². The van der Waals surface area contributed by atoms with Crippen molar-refractivity contribution in [2.45, 2.75) is 62.9 Å². The van der Waals surface area contributed by atoms with E-state index in [9.17, 15) is 14.4 Å². The number of ether oxygens (including phenoxy) is 1. The van der Waals surface area contributed by atoms with Crippen LogP contribution in [0.25, 0.3) is 0 Å². The standard InChI is InChI=1S/C34H37N5O4S/c1-21-19-24(43-23-10-6-5-7-11-23)12-13-25(21)39-26-15-17-35-32-28(26)29(37-33(39)42)30(44-32)31(41)36-22-9-8-18-38(20-22)27(40)14-16-34(2,3)4/h5-7,10-17,19,22,29-30H,8-9,18,20H2,1-4H3,(H,36,41)(H,37,42)/b16-14+/t22?,29?,30-/m1/s1. The van der Waals surface area contributed by atoms with Gasteiger partial charge in [-0.15, -0.1) is 0 Å². The number of carbonyl (C=O) groups excluding carboxylic acids is 3. The average molecular weight is 612 g/mol. The Morgan fingerprint density at radius 1 is 1.09 bits per heavy atom. The number of aromatic nitrogens is 1. The maximum atomic E-state index is 13.7. The molecule has 0 aliphatic carbocycles. The Balaban J connectivity index is 1.18. The van der Waals surface area contributed by atoms with Crippen LogP contribution in [-0.4, -0.2) is 52.1 Å². The summed E-state index contributed by atoms with van der Waals surface area (Å²) in [6.45, 7) is 9.22. The number of likely N-dealkylation sites (tertiary alicyclic amines) is 1. The molecule has 0 radical (unpaired) electrons. The number of nitrogens with zero attached hydrogens (tertiary/aromatic N) is 3. The highest BCUT2D eigenvalue weighted by Gasteiger charge is 2.47. The Morgan fingerprint density at radius 2 is 1.89 bits per heavy atom. The van der Waals surface area contributed by atoms with Crippen molar-refractivity contribution in [3.8, 4) is 11.5 Å². The number of amides is 4. The van der Waals surface area contributed by atoms with E-state index in [2.05, 4.69) is 36.4 Å². The molecular formula is C34H37N5O4S. The van der Waals surface area contributed by atoms with Crippen molar-refractivity contribution in [1.82, 2.24) is 20.5 Å². The fourth-order valence-corrected chi connectivity index (χ4v) is 7.07. The van der Waals surface area contributed by atoms with Crippen LogP contribution in [0.2, 0.25) is 0 Å². The van der Waals surface area contributed by atoms with E-state index in [0.717, 1.165) is 40.4 Å². The summed E-state index contributed by atoms with van der Waals surface area (Å²) in [5.41, 5.74) is 3.06. The van der Waals surface area contributed by atoms with E-state index >= 15 is 0 Å². The number of carbonyl (C=O) groups is 3. The van der Waals surface area contributed by atoms with Gasteiger partial charge < -0.3 is 20.3 Å². The molecular weight excluding hydrogens is 574 g/mol. The Morgan fingerprint density at radius 3 is 2.64 bits per heavy atom. The zero-order valence-corrected chi connectivity index (χ0v) is 26.2. The van der Waals surface area contributed by atoms with Gasteiger partial charge in [-0.3, -0.25) is 14.5 Å². The lowest BCUT2D eigenvalue weighted by Gasteiger charge is -2.36. The molecule has 0 saturated carbocycles. The van der Waals surface area contributed by atoms with Gasteiger partial charge in [-0.25, -0.2) is 9.78 Å². The van der Waals surface area contributed by atoms with Crippen molar-refractivity contribution in [2.75, 3.05) is 18.0 Å². The summed E-state index contributed by atoms with van der Waals surface area (Å²) in [4.78, 5) is 48.1. The fourth-order valence-electron chi connectivity index (χ4n) is 5.84. The molecule has 3 aliphatic heterocycles. The second kappa shape index (κ2) is 12.0. The molecule has 6 rings (SSSR count). The van der Waals surface area contributed by atoms with Crippen molar-refractivity contribution >= 4 is 41.0 Å². The second-order valence-corrected chi connectivity index (χ2v) is 13.7. The van der Waals surface area contributed by atoms with Gasteiger partial charge in [-0.1, -0.05) is 56.8 Å². The van der Waals surface area contributed by atoms with Gasteiger partial charge >= 0.3 is 6.03 Å². The van der Waals surface area contributed by atoms with Crippen LogP contribution >= 0.6 is 11.8 Å². The van der Waals surface area contributed by atoms with Gasteiger partial charge in [0.25, 0.3) is 0 Å². The van der Waals surface area contributed by atoms with Crippen LogP contribution in [0, 0.1) is 12.3 Å². The molecule has 228 valence electrons. The van der Waals surface area contributed by atoms with Crippen LogP contribution in [0.15, 0.2) is 78.0 Å². The zero-order chi connectivity index (χ0) is 31.0. The molecule has 44 heavy (non-hydrogen) atoms. The van der Waals surface area contributed by atoms with Crippen molar-refractivity contribution in [3.05, 3.63) is 84.1 Å². The molecule has 0 spiro atoms. The summed E-state index contributed by atoms with van der Waals surface area (Å²) in [5.74, 6) is 1.20. The number of hydrogen-bond donors (Lipinski definition) is 2. The minimum absolute atomic E-state index is 0.0371. The molecule has 9 nitrogen and oxygen atoms in total. The van der Waals surface area contributed by atoms with Gasteiger partial charge in [-0.05, 0) is 73.2 Å².